The first-order chi connectivity index (χ1) is 18.9. The molecule has 9 heteroatoms. The Morgan fingerprint density at radius 2 is 1.92 bits per heavy atom. The molecule has 0 atom stereocenters. The monoisotopic (exact) mass is 534 g/mol. The summed E-state index contributed by atoms with van der Waals surface area (Å²) in [4.78, 5) is 36.5. The number of hydrogen-bond donors (Lipinski definition) is 3. The molecule has 0 unspecified atom stereocenters. The number of nitrogens with zero attached hydrogens (tertiary/aromatic N) is 3. The molecule has 6 rings (SSSR count). The van der Waals surface area contributed by atoms with Gasteiger partial charge in [-0.15, -0.1) is 0 Å². The molecule has 2 aromatic heterocycles. The Balaban J connectivity index is 1.30. The van der Waals surface area contributed by atoms with Crippen LogP contribution in [0.15, 0.2) is 60.7 Å². The average Bonchev–Trinajstić information content (AvgIpc) is 3.36. The van der Waals surface area contributed by atoms with Crippen molar-refractivity contribution in [1.29, 1.82) is 0 Å². The van der Waals surface area contributed by atoms with E-state index < -0.39 is 5.97 Å². The fourth-order valence-corrected chi connectivity index (χ4v) is 5.71. The molecule has 0 spiro atoms. The van der Waals surface area contributed by atoms with Crippen molar-refractivity contribution in [3.63, 3.8) is 0 Å². The highest BCUT2D eigenvalue weighted by Crippen LogP contribution is 2.33. The largest absolute Gasteiger partial charge is 0.507 e. The number of pyridine rings is 1. The number of fused-ring (bicyclic) bond motifs is 2. The van der Waals surface area contributed by atoms with Crippen molar-refractivity contribution in [1.82, 2.24) is 9.97 Å². The number of rotatable bonds is 5. The fourth-order valence-electron chi connectivity index (χ4n) is 4.85. The van der Waals surface area contributed by atoms with Crippen LogP contribution in [0.25, 0.3) is 21.3 Å². The molecule has 0 bridgehead atoms. The third-order valence-electron chi connectivity index (χ3n) is 6.87. The number of carboxylic acid groups (broad SMARTS) is 1. The van der Waals surface area contributed by atoms with Crippen LogP contribution in [-0.2, 0) is 13.0 Å². The fraction of sp³-hybridized carbons (Fsp3) is 0.133. The van der Waals surface area contributed by atoms with Gasteiger partial charge in [-0.1, -0.05) is 47.7 Å². The highest BCUT2D eigenvalue weighted by molar-refractivity contribution is 7.22. The van der Waals surface area contributed by atoms with Gasteiger partial charge in [0, 0.05) is 41.4 Å². The van der Waals surface area contributed by atoms with Crippen molar-refractivity contribution in [2.24, 2.45) is 0 Å². The van der Waals surface area contributed by atoms with Crippen molar-refractivity contribution in [3.8, 4) is 16.9 Å². The number of carbonyl (C=O) groups excluding carboxylic acids is 1. The second kappa shape index (κ2) is 9.74. The lowest BCUT2D eigenvalue weighted by molar-refractivity contribution is 0.0691. The molecular formula is C30H22N4O4S. The molecule has 0 saturated heterocycles. The minimum Gasteiger partial charge on any atom is -0.507 e. The predicted molar refractivity (Wildman–Crippen MR) is 149 cm³/mol. The predicted octanol–water partition coefficient (Wildman–Crippen LogP) is 5.49. The van der Waals surface area contributed by atoms with E-state index in [9.17, 15) is 19.8 Å². The molecule has 5 aromatic rings. The third-order valence-corrected chi connectivity index (χ3v) is 7.83. The van der Waals surface area contributed by atoms with Gasteiger partial charge >= 0.3 is 5.97 Å². The number of thiazole rings is 1. The zero-order valence-corrected chi connectivity index (χ0v) is 21.7. The van der Waals surface area contributed by atoms with Gasteiger partial charge < -0.3 is 15.1 Å². The Morgan fingerprint density at radius 1 is 1.08 bits per heavy atom. The first-order valence-corrected chi connectivity index (χ1v) is 13.1. The molecule has 3 heterocycles. The molecule has 39 heavy (non-hydrogen) atoms. The number of carboxylic acids is 1. The van der Waals surface area contributed by atoms with E-state index in [2.05, 4.69) is 27.4 Å². The van der Waals surface area contributed by atoms with Crippen LogP contribution >= 0.6 is 11.3 Å². The van der Waals surface area contributed by atoms with Crippen LogP contribution in [0.5, 0.6) is 5.75 Å². The van der Waals surface area contributed by atoms with Crippen LogP contribution in [0.3, 0.4) is 0 Å². The van der Waals surface area contributed by atoms with Crippen LogP contribution in [0.2, 0.25) is 0 Å². The lowest BCUT2D eigenvalue weighted by Gasteiger charge is -2.31. The van der Waals surface area contributed by atoms with E-state index >= 15 is 0 Å². The number of aromatic hydroxyl groups is 1. The molecule has 0 saturated carbocycles. The van der Waals surface area contributed by atoms with Gasteiger partial charge in [0.25, 0.3) is 5.91 Å². The number of nitrogens with one attached hydrogen (secondary N) is 1. The summed E-state index contributed by atoms with van der Waals surface area (Å²) < 4.78 is 0.995. The normalized spacial score (nSPS) is 12.6. The number of carbonyl (C=O) groups is 2. The van der Waals surface area contributed by atoms with Gasteiger partial charge in [-0.2, -0.15) is 0 Å². The lowest BCUT2D eigenvalue weighted by atomic mass is 9.94. The highest BCUT2D eigenvalue weighted by Gasteiger charge is 2.25. The molecule has 1 aliphatic rings. The van der Waals surface area contributed by atoms with E-state index in [0.717, 1.165) is 21.3 Å². The second-order valence-electron chi connectivity index (χ2n) is 9.23. The number of amides is 1. The van der Waals surface area contributed by atoms with Crippen LogP contribution in [0.4, 0.5) is 10.9 Å². The number of hydrogen-bond acceptors (Lipinski definition) is 7. The van der Waals surface area contributed by atoms with Crippen molar-refractivity contribution >= 4 is 44.4 Å². The Hall–Kier alpha value is -4.94. The van der Waals surface area contributed by atoms with Gasteiger partial charge in [0.15, 0.2) is 10.8 Å². The Bertz CT molecular complexity index is 1730. The molecular weight excluding hydrogens is 512 g/mol. The number of aromatic carboxylic acids is 1. The molecule has 3 N–H and O–H groups in total. The second-order valence-corrected chi connectivity index (χ2v) is 10.3. The maximum atomic E-state index is 13.3. The maximum absolute atomic E-state index is 13.3. The summed E-state index contributed by atoms with van der Waals surface area (Å²) in [6, 6.07) is 23.8. The van der Waals surface area contributed by atoms with Gasteiger partial charge in [0.2, 0.25) is 0 Å². The van der Waals surface area contributed by atoms with E-state index in [1.807, 2.05) is 41.3 Å². The van der Waals surface area contributed by atoms with Crippen LogP contribution < -0.4 is 10.2 Å². The number of benzene rings is 2. The topological polar surface area (TPSA) is 116 Å². The summed E-state index contributed by atoms with van der Waals surface area (Å²) >= 11 is 1.42. The minimum absolute atomic E-state index is 0.00783. The van der Waals surface area contributed by atoms with Gasteiger partial charge in [0.05, 0.1) is 10.2 Å². The molecule has 1 aliphatic heterocycles. The molecule has 0 aliphatic carbocycles. The van der Waals surface area contributed by atoms with E-state index in [0.29, 0.717) is 52.7 Å². The first kappa shape index (κ1) is 24.4. The zero-order valence-electron chi connectivity index (χ0n) is 20.9. The quantitative estimate of drug-likeness (QED) is 0.273. The van der Waals surface area contributed by atoms with Crippen molar-refractivity contribution < 1.29 is 19.8 Å². The van der Waals surface area contributed by atoms with Crippen LogP contribution in [-0.4, -0.2) is 38.6 Å². The highest BCUT2D eigenvalue weighted by atomic mass is 32.1. The third kappa shape index (κ3) is 4.51. The SMILES string of the molecule is Cc1c(-c2ccc(N3CCc4cccc(C(=O)Nc5nc6ccccc6s5)c4C3)nc2C(=O)O)c#ccc1O. The summed E-state index contributed by atoms with van der Waals surface area (Å²) in [7, 11) is 0. The molecule has 8 nitrogen and oxygen atoms in total. The summed E-state index contributed by atoms with van der Waals surface area (Å²) in [5.41, 5.74) is 4.47. The zero-order chi connectivity index (χ0) is 27.1. The van der Waals surface area contributed by atoms with E-state index in [-0.39, 0.29) is 17.4 Å². The Morgan fingerprint density at radius 3 is 2.74 bits per heavy atom. The average molecular weight is 535 g/mol. The molecule has 1 amide bonds. The number of anilines is 2. The van der Waals surface area contributed by atoms with Crippen molar-refractivity contribution in [2.45, 2.75) is 19.9 Å². The summed E-state index contributed by atoms with van der Waals surface area (Å²) in [6.45, 7) is 2.71. The van der Waals surface area contributed by atoms with E-state index in [4.69, 9.17) is 0 Å². The van der Waals surface area contributed by atoms with Crippen LogP contribution in [0, 0.1) is 19.1 Å². The molecule has 192 valence electrons. The smallest absolute Gasteiger partial charge is 0.355 e. The van der Waals surface area contributed by atoms with Gasteiger partial charge in [-0.05, 0) is 54.8 Å². The summed E-state index contributed by atoms with van der Waals surface area (Å²) in [5, 5.41) is 23.5. The van der Waals surface area contributed by atoms with Gasteiger partial charge in [-0.25, -0.2) is 14.8 Å². The van der Waals surface area contributed by atoms with Crippen LogP contribution in [0.1, 0.15) is 37.5 Å². The molecule has 3 aromatic carbocycles. The maximum Gasteiger partial charge on any atom is 0.355 e. The molecule has 0 fully saturated rings. The summed E-state index contributed by atoms with van der Waals surface area (Å²) in [6.07, 6.45) is 0.678. The summed E-state index contributed by atoms with van der Waals surface area (Å²) in [5.74, 6) is -0.928. The van der Waals surface area contributed by atoms with Gasteiger partial charge in [-0.3, -0.25) is 10.1 Å². The van der Waals surface area contributed by atoms with Gasteiger partial charge in [0.1, 0.15) is 11.6 Å². The van der Waals surface area contributed by atoms with E-state index in [1.54, 1.807) is 25.1 Å². The molecule has 0 radical (unpaired) electrons. The Labute approximate surface area is 228 Å². The minimum atomic E-state index is -1.18. The number of para-hydroxylation sites is 1. The Kier molecular flexibility index (Phi) is 6.09. The van der Waals surface area contributed by atoms with Crippen molar-refractivity contribution in [3.05, 3.63) is 101 Å². The number of aromatic nitrogens is 2. The van der Waals surface area contributed by atoms with Crippen molar-refractivity contribution in [2.75, 3.05) is 16.8 Å². The van der Waals surface area contributed by atoms with E-state index in [1.165, 1.54) is 17.4 Å². The lowest BCUT2D eigenvalue weighted by Crippen LogP contribution is -2.33. The standard InChI is InChI=1S/C30H22N4O4S/c1-17-19(7-5-10-24(17)35)20-12-13-26(32-27(20)29(37)38)34-15-14-18-6-4-8-21(22(18)16-34)28(36)33-30-31-23-9-2-3-11-25(23)39-30/h2-4,6,8-13,35H,14-16H2,1H3,(H,37,38)(H,31,33,36). The first-order valence-electron chi connectivity index (χ1n) is 12.3.